The van der Waals surface area contributed by atoms with Crippen LogP contribution in [0.25, 0.3) is 0 Å². The Morgan fingerprint density at radius 1 is 1.31 bits per heavy atom. The standard InChI is InChI=1S/C21H27N3O2/c1-5-12-26-16-8-6-15(7-9-16)13-24-11-10-18-17(14-24)19(25)23-20(22-18)21(2,3)4/h5-9H,1,10-14H2,2-4H3,(H,22,23,25). The molecule has 26 heavy (non-hydrogen) atoms. The molecule has 0 atom stereocenters. The van der Waals surface area contributed by atoms with Crippen LogP contribution in [0.5, 0.6) is 5.75 Å². The van der Waals surface area contributed by atoms with Crippen LogP contribution in [0, 0.1) is 0 Å². The first-order chi connectivity index (χ1) is 12.4. The quantitative estimate of drug-likeness (QED) is 0.839. The lowest BCUT2D eigenvalue weighted by atomic mass is 9.95. The van der Waals surface area contributed by atoms with Crippen LogP contribution in [-0.4, -0.2) is 28.0 Å². The van der Waals surface area contributed by atoms with Gasteiger partial charge in [-0.1, -0.05) is 45.6 Å². The van der Waals surface area contributed by atoms with Gasteiger partial charge in [-0.25, -0.2) is 4.98 Å². The fourth-order valence-corrected chi connectivity index (χ4v) is 3.08. The SMILES string of the molecule is C=CCOc1ccc(CN2CCc3nc(C(C)(C)C)[nH]c(=O)c3C2)cc1. The van der Waals surface area contributed by atoms with E-state index in [4.69, 9.17) is 9.72 Å². The fourth-order valence-electron chi connectivity index (χ4n) is 3.08. The predicted octanol–water partition coefficient (Wildman–Crippen LogP) is 3.19. The molecule has 3 rings (SSSR count). The molecule has 0 fully saturated rings. The van der Waals surface area contributed by atoms with Gasteiger partial charge in [0.2, 0.25) is 0 Å². The van der Waals surface area contributed by atoms with Crippen LogP contribution in [0.2, 0.25) is 0 Å². The molecule has 1 aromatic heterocycles. The predicted molar refractivity (Wildman–Crippen MR) is 104 cm³/mol. The Morgan fingerprint density at radius 2 is 2.04 bits per heavy atom. The number of rotatable bonds is 5. The molecule has 5 nitrogen and oxygen atoms in total. The fraction of sp³-hybridized carbons (Fsp3) is 0.429. The summed E-state index contributed by atoms with van der Waals surface area (Å²) in [7, 11) is 0. The highest BCUT2D eigenvalue weighted by Crippen LogP contribution is 2.22. The van der Waals surface area contributed by atoms with Crippen LogP contribution in [0.4, 0.5) is 0 Å². The van der Waals surface area contributed by atoms with Crippen LogP contribution in [0.15, 0.2) is 41.7 Å². The lowest BCUT2D eigenvalue weighted by Crippen LogP contribution is -2.37. The average Bonchev–Trinajstić information content (AvgIpc) is 2.61. The number of hydrogen-bond donors (Lipinski definition) is 1. The molecule has 1 aliphatic heterocycles. The van der Waals surface area contributed by atoms with Crippen molar-refractivity contribution in [1.82, 2.24) is 14.9 Å². The second-order valence-corrected chi connectivity index (χ2v) is 7.79. The molecule has 2 aromatic rings. The summed E-state index contributed by atoms with van der Waals surface area (Å²) in [5.74, 6) is 1.61. The molecule has 0 amide bonds. The Kier molecular flexibility index (Phi) is 5.28. The van der Waals surface area contributed by atoms with E-state index in [0.29, 0.717) is 13.2 Å². The summed E-state index contributed by atoms with van der Waals surface area (Å²) in [6.07, 6.45) is 2.54. The third-order valence-corrected chi connectivity index (χ3v) is 4.56. The van der Waals surface area contributed by atoms with Crippen molar-refractivity contribution in [2.75, 3.05) is 13.2 Å². The zero-order valence-corrected chi connectivity index (χ0v) is 15.8. The summed E-state index contributed by atoms with van der Waals surface area (Å²) in [5.41, 5.74) is 2.80. The average molecular weight is 353 g/mol. The van der Waals surface area contributed by atoms with Crippen LogP contribution < -0.4 is 10.3 Å². The van der Waals surface area contributed by atoms with Crippen molar-refractivity contribution in [2.45, 2.75) is 45.7 Å². The van der Waals surface area contributed by atoms with Crippen molar-refractivity contribution in [1.29, 1.82) is 0 Å². The minimum Gasteiger partial charge on any atom is -0.490 e. The molecule has 138 valence electrons. The maximum atomic E-state index is 12.5. The van der Waals surface area contributed by atoms with Crippen LogP contribution in [0.1, 0.15) is 43.4 Å². The number of ether oxygens (including phenoxy) is 1. The van der Waals surface area contributed by atoms with Gasteiger partial charge >= 0.3 is 0 Å². The van der Waals surface area contributed by atoms with Gasteiger partial charge in [-0.05, 0) is 17.7 Å². The molecule has 1 aromatic carbocycles. The van der Waals surface area contributed by atoms with Gasteiger partial charge in [0.05, 0.1) is 11.3 Å². The van der Waals surface area contributed by atoms with Gasteiger partial charge < -0.3 is 9.72 Å². The first-order valence-electron chi connectivity index (χ1n) is 9.04. The Morgan fingerprint density at radius 3 is 2.69 bits per heavy atom. The number of aromatic amines is 1. The first kappa shape index (κ1) is 18.4. The number of hydrogen-bond acceptors (Lipinski definition) is 4. The zero-order chi connectivity index (χ0) is 18.7. The van der Waals surface area contributed by atoms with Crippen LogP contribution >= 0.6 is 0 Å². The molecule has 1 aliphatic rings. The Hall–Kier alpha value is -2.40. The lowest BCUT2D eigenvalue weighted by molar-refractivity contribution is 0.241. The number of nitrogens with zero attached hydrogens (tertiary/aromatic N) is 2. The van der Waals surface area contributed by atoms with E-state index in [1.165, 1.54) is 5.56 Å². The molecule has 5 heteroatoms. The molecule has 0 spiro atoms. The summed E-state index contributed by atoms with van der Waals surface area (Å²) in [6.45, 7) is 12.7. The minimum absolute atomic E-state index is 0.00204. The van der Waals surface area contributed by atoms with E-state index in [-0.39, 0.29) is 11.0 Å². The van der Waals surface area contributed by atoms with Gasteiger partial charge in [-0.3, -0.25) is 9.69 Å². The molecule has 0 unspecified atom stereocenters. The maximum Gasteiger partial charge on any atom is 0.255 e. The number of H-pyrrole nitrogens is 1. The van der Waals surface area contributed by atoms with Crippen molar-refractivity contribution in [3.8, 4) is 5.75 Å². The highest BCUT2D eigenvalue weighted by atomic mass is 16.5. The summed E-state index contributed by atoms with van der Waals surface area (Å²) in [6, 6.07) is 8.08. The Balaban J connectivity index is 1.71. The van der Waals surface area contributed by atoms with Gasteiger partial charge in [0.15, 0.2) is 0 Å². The normalized spacial score (nSPS) is 14.7. The second kappa shape index (κ2) is 7.46. The van der Waals surface area contributed by atoms with Gasteiger partial charge in [-0.2, -0.15) is 0 Å². The monoisotopic (exact) mass is 353 g/mol. The zero-order valence-electron chi connectivity index (χ0n) is 15.8. The highest BCUT2D eigenvalue weighted by molar-refractivity contribution is 5.28. The first-order valence-corrected chi connectivity index (χ1v) is 9.04. The Bertz CT molecular complexity index is 832. The maximum absolute atomic E-state index is 12.5. The van der Waals surface area contributed by atoms with Crippen LogP contribution in [-0.2, 0) is 24.9 Å². The summed E-state index contributed by atoms with van der Waals surface area (Å²) in [4.78, 5) is 22.5. The number of benzene rings is 1. The molecular formula is C21H27N3O2. The van der Waals surface area contributed by atoms with E-state index in [1.54, 1.807) is 6.08 Å². The van der Waals surface area contributed by atoms with Gasteiger partial charge in [0, 0.05) is 31.5 Å². The van der Waals surface area contributed by atoms with Gasteiger partial charge in [0.25, 0.3) is 5.56 Å². The number of nitrogens with one attached hydrogen (secondary N) is 1. The van der Waals surface area contributed by atoms with E-state index in [0.717, 1.165) is 42.3 Å². The van der Waals surface area contributed by atoms with E-state index in [2.05, 4.69) is 49.4 Å². The lowest BCUT2D eigenvalue weighted by Gasteiger charge is -2.29. The third kappa shape index (κ3) is 4.22. The molecule has 1 N–H and O–H groups in total. The summed E-state index contributed by atoms with van der Waals surface area (Å²) < 4.78 is 5.52. The highest BCUT2D eigenvalue weighted by Gasteiger charge is 2.24. The molecule has 2 heterocycles. The van der Waals surface area contributed by atoms with Crippen molar-refractivity contribution in [3.05, 3.63) is 69.9 Å². The van der Waals surface area contributed by atoms with E-state index in [9.17, 15) is 4.79 Å². The van der Waals surface area contributed by atoms with Crippen molar-refractivity contribution in [2.24, 2.45) is 0 Å². The molecule has 0 aliphatic carbocycles. The third-order valence-electron chi connectivity index (χ3n) is 4.56. The molecule has 0 saturated carbocycles. The van der Waals surface area contributed by atoms with Crippen LogP contribution in [0.3, 0.4) is 0 Å². The minimum atomic E-state index is -0.152. The number of aromatic nitrogens is 2. The largest absolute Gasteiger partial charge is 0.490 e. The molecule has 0 saturated heterocycles. The topological polar surface area (TPSA) is 58.2 Å². The van der Waals surface area contributed by atoms with Gasteiger partial charge in [0.1, 0.15) is 18.2 Å². The number of fused-ring (bicyclic) bond motifs is 1. The van der Waals surface area contributed by atoms with Crippen molar-refractivity contribution >= 4 is 0 Å². The van der Waals surface area contributed by atoms with Crippen molar-refractivity contribution in [3.63, 3.8) is 0 Å². The van der Waals surface area contributed by atoms with E-state index < -0.39 is 0 Å². The molecular weight excluding hydrogens is 326 g/mol. The Labute approximate surface area is 154 Å². The van der Waals surface area contributed by atoms with Gasteiger partial charge in [-0.15, -0.1) is 0 Å². The molecule has 0 bridgehead atoms. The van der Waals surface area contributed by atoms with E-state index >= 15 is 0 Å². The smallest absolute Gasteiger partial charge is 0.255 e. The molecule has 0 radical (unpaired) electrons. The van der Waals surface area contributed by atoms with Crippen molar-refractivity contribution < 1.29 is 4.74 Å². The van der Waals surface area contributed by atoms with E-state index in [1.807, 2.05) is 12.1 Å². The summed E-state index contributed by atoms with van der Waals surface area (Å²) in [5, 5.41) is 0. The second-order valence-electron chi connectivity index (χ2n) is 7.79. The summed E-state index contributed by atoms with van der Waals surface area (Å²) >= 11 is 0.